The third-order valence-electron chi connectivity index (χ3n) is 4.78. The zero-order valence-electron chi connectivity index (χ0n) is 15.3. The number of aryl methyl sites for hydroxylation is 1. The molecular weight excluding hydrogens is 286 g/mol. The van der Waals surface area contributed by atoms with Gasteiger partial charge in [-0.3, -0.25) is 4.68 Å². The van der Waals surface area contributed by atoms with Crippen molar-refractivity contribution in [2.24, 2.45) is 5.92 Å². The van der Waals surface area contributed by atoms with E-state index in [0.29, 0.717) is 5.69 Å². The summed E-state index contributed by atoms with van der Waals surface area (Å²) in [4.78, 5) is 0. The molecule has 134 valence electrons. The molecule has 0 aliphatic heterocycles. The molecule has 1 heterocycles. The van der Waals surface area contributed by atoms with E-state index >= 15 is 0 Å². The van der Waals surface area contributed by atoms with Gasteiger partial charge in [0, 0.05) is 6.54 Å². The maximum atomic E-state index is 8.93. The average molecular weight is 324 g/mol. The first kappa shape index (κ1) is 20.1. The van der Waals surface area contributed by atoms with Gasteiger partial charge in [0.25, 0.3) is 0 Å². The minimum Gasteiger partial charge on any atom is -0.390 e. The van der Waals surface area contributed by atoms with Crippen molar-refractivity contribution in [3.05, 3.63) is 11.9 Å². The van der Waals surface area contributed by atoms with Crippen molar-refractivity contribution in [3.8, 4) is 0 Å². The van der Waals surface area contributed by atoms with Crippen molar-refractivity contribution in [3.63, 3.8) is 0 Å². The molecule has 0 saturated heterocycles. The molecule has 23 heavy (non-hydrogen) atoms. The fraction of sp³-hybridized carbons (Fsp3) is 0.895. The first-order valence-corrected chi connectivity index (χ1v) is 9.76. The summed E-state index contributed by atoms with van der Waals surface area (Å²) in [6, 6.07) is 0. The monoisotopic (exact) mass is 323 g/mol. The summed E-state index contributed by atoms with van der Waals surface area (Å²) < 4.78 is 1.84. The van der Waals surface area contributed by atoms with E-state index in [0.717, 1.165) is 18.9 Å². The minimum absolute atomic E-state index is 0.0162. The maximum absolute atomic E-state index is 8.93. The molecule has 4 nitrogen and oxygen atoms in total. The molecular formula is C19H37N3O. The second-order valence-corrected chi connectivity index (χ2v) is 6.97. The van der Waals surface area contributed by atoms with E-state index in [1.807, 2.05) is 10.9 Å². The molecule has 0 radical (unpaired) electrons. The smallest absolute Gasteiger partial charge is 0.108 e. The van der Waals surface area contributed by atoms with Crippen LogP contribution >= 0.6 is 0 Å². The molecule has 0 aromatic carbocycles. The predicted molar refractivity (Wildman–Crippen MR) is 96.2 cm³/mol. The van der Waals surface area contributed by atoms with Crippen molar-refractivity contribution < 1.29 is 5.11 Å². The van der Waals surface area contributed by atoms with Gasteiger partial charge in [-0.25, -0.2) is 0 Å². The Labute approximate surface area is 142 Å². The Balaban J connectivity index is 1.79. The number of rotatable bonds is 15. The van der Waals surface area contributed by atoms with Crippen molar-refractivity contribution >= 4 is 0 Å². The van der Waals surface area contributed by atoms with Crippen LogP contribution in [-0.2, 0) is 13.2 Å². The van der Waals surface area contributed by atoms with E-state index in [2.05, 4.69) is 24.2 Å². The summed E-state index contributed by atoms with van der Waals surface area (Å²) in [5.74, 6) is 0.919. The SMILES string of the molecule is CCC(C)CCCCCCCCCCCCn1cc(CO)nn1. The highest BCUT2D eigenvalue weighted by atomic mass is 16.3. The van der Waals surface area contributed by atoms with Crippen LogP contribution in [0.25, 0.3) is 0 Å². The summed E-state index contributed by atoms with van der Waals surface area (Å²) in [5.41, 5.74) is 0.661. The lowest BCUT2D eigenvalue weighted by Gasteiger charge is -2.07. The molecule has 4 heteroatoms. The second kappa shape index (κ2) is 13.5. The van der Waals surface area contributed by atoms with Crippen LogP contribution in [0.15, 0.2) is 6.20 Å². The van der Waals surface area contributed by atoms with Gasteiger partial charge in [-0.05, 0) is 12.3 Å². The summed E-state index contributed by atoms with van der Waals surface area (Å²) in [6.45, 7) is 5.57. The highest BCUT2D eigenvalue weighted by molar-refractivity contribution is 4.88. The summed E-state index contributed by atoms with van der Waals surface area (Å²) in [5, 5.41) is 16.8. The molecule has 0 amide bonds. The fourth-order valence-corrected chi connectivity index (χ4v) is 2.91. The fourth-order valence-electron chi connectivity index (χ4n) is 2.91. The second-order valence-electron chi connectivity index (χ2n) is 6.97. The first-order valence-electron chi connectivity index (χ1n) is 9.76. The highest BCUT2D eigenvalue weighted by Gasteiger charge is 1.99. The van der Waals surface area contributed by atoms with E-state index < -0.39 is 0 Å². The highest BCUT2D eigenvalue weighted by Crippen LogP contribution is 2.15. The first-order chi connectivity index (χ1) is 11.3. The van der Waals surface area contributed by atoms with Gasteiger partial charge in [0.05, 0.1) is 12.8 Å². The maximum Gasteiger partial charge on any atom is 0.108 e. The number of aliphatic hydroxyl groups is 1. The van der Waals surface area contributed by atoms with Crippen LogP contribution in [0.1, 0.15) is 96.6 Å². The third-order valence-corrected chi connectivity index (χ3v) is 4.78. The molecule has 0 aliphatic carbocycles. The molecule has 1 rings (SSSR count). The molecule has 0 saturated carbocycles. The lowest BCUT2D eigenvalue weighted by Crippen LogP contribution is -1.98. The zero-order chi connectivity index (χ0) is 16.8. The number of nitrogens with zero attached hydrogens (tertiary/aromatic N) is 3. The largest absolute Gasteiger partial charge is 0.390 e. The van der Waals surface area contributed by atoms with Crippen molar-refractivity contribution in [2.75, 3.05) is 0 Å². The van der Waals surface area contributed by atoms with Gasteiger partial charge in [-0.1, -0.05) is 89.7 Å². The van der Waals surface area contributed by atoms with Gasteiger partial charge >= 0.3 is 0 Å². The van der Waals surface area contributed by atoms with E-state index in [1.165, 1.54) is 70.6 Å². The van der Waals surface area contributed by atoms with Gasteiger partial charge in [-0.2, -0.15) is 0 Å². The third kappa shape index (κ3) is 10.5. The van der Waals surface area contributed by atoms with Crippen LogP contribution in [0.5, 0.6) is 0 Å². The van der Waals surface area contributed by atoms with Crippen molar-refractivity contribution in [1.82, 2.24) is 15.0 Å². The number of hydrogen-bond acceptors (Lipinski definition) is 3. The van der Waals surface area contributed by atoms with Crippen LogP contribution in [-0.4, -0.2) is 20.1 Å². The van der Waals surface area contributed by atoms with Crippen LogP contribution in [0.2, 0.25) is 0 Å². The molecule has 1 N–H and O–H groups in total. The van der Waals surface area contributed by atoms with Crippen LogP contribution in [0.3, 0.4) is 0 Å². The van der Waals surface area contributed by atoms with Gasteiger partial charge < -0.3 is 5.11 Å². The van der Waals surface area contributed by atoms with E-state index in [1.54, 1.807) is 0 Å². The lowest BCUT2D eigenvalue weighted by atomic mass is 9.99. The normalized spacial score (nSPS) is 12.7. The van der Waals surface area contributed by atoms with Gasteiger partial charge in [0.15, 0.2) is 0 Å². The molecule has 1 atom stereocenters. The summed E-state index contributed by atoms with van der Waals surface area (Å²) in [7, 11) is 0. The molecule has 1 aromatic rings. The summed E-state index contributed by atoms with van der Waals surface area (Å²) in [6.07, 6.45) is 18.2. The van der Waals surface area contributed by atoms with E-state index in [4.69, 9.17) is 5.11 Å². The number of hydrogen-bond donors (Lipinski definition) is 1. The Morgan fingerprint density at radius 2 is 1.52 bits per heavy atom. The minimum atomic E-state index is -0.0162. The molecule has 1 unspecified atom stereocenters. The quantitative estimate of drug-likeness (QED) is 0.456. The number of aliphatic hydroxyl groups excluding tert-OH is 1. The molecule has 0 spiro atoms. The van der Waals surface area contributed by atoms with Crippen LogP contribution < -0.4 is 0 Å². The van der Waals surface area contributed by atoms with Crippen molar-refractivity contribution in [1.29, 1.82) is 0 Å². The van der Waals surface area contributed by atoms with E-state index in [9.17, 15) is 0 Å². The Bertz CT molecular complexity index is 378. The number of aromatic nitrogens is 3. The lowest BCUT2D eigenvalue weighted by molar-refractivity contribution is 0.276. The Kier molecular flexibility index (Phi) is 11.9. The van der Waals surface area contributed by atoms with Gasteiger partial charge in [-0.15, -0.1) is 5.10 Å². The van der Waals surface area contributed by atoms with Gasteiger partial charge in [0.1, 0.15) is 5.69 Å². The zero-order valence-corrected chi connectivity index (χ0v) is 15.3. The Morgan fingerprint density at radius 3 is 2.04 bits per heavy atom. The Morgan fingerprint density at radius 1 is 0.957 bits per heavy atom. The topological polar surface area (TPSA) is 50.9 Å². The average Bonchev–Trinajstić information content (AvgIpc) is 3.03. The molecule has 0 fully saturated rings. The standard InChI is InChI=1S/C19H37N3O/c1-3-18(2)14-12-10-8-6-4-5-7-9-11-13-15-22-16-19(17-23)20-21-22/h16,18,23H,3-15,17H2,1-2H3. The van der Waals surface area contributed by atoms with E-state index in [-0.39, 0.29) is 6.61 Å². The predicted octanol–water partition coefficient (Wildman–Crippen LogP) is 5.11. The Hall–Kier alpha value is -0.900. The molecule has 0 bridgehead atoms. The summed E-state index contributed by atoms with van der Waals surface area (Å²) >= 11 is 0. The van der Waals surface area contributed by atoms with Crippen LogP contribution in [0.4, 0.5) is 0 Å². The van der Waals surface area contributed by atoms with Crippen LogP contribution in [0, 0.1) is 5.92 Å². The molecule has 0 aliphatic rings. The van der Waals surface area contributed by atoms with Crippen molar-refractivity contribution in [2.45, 2.75) is 104 Å². The molecule has 1 aromatic heterocycles. The number of unbranched alkanes of at least 4 members (excludes halogenated alkanes) is 9. The van der Waals surface area contributed by atoms with Gasteiger partial charge in [0.2, 0.25) is 0 Å².